The average Bonchev–Trinajstić information content (AvgIpc) is 2.95. The molecule has 3 atom stereocenters. The van der Waals surface area contributed by atoms with Gasteiger partial charge in [0.25, 0.3) is 0 Å². The van der Waals surface area contributed by atoms with E-state index in [9.17, 15) is 4.79 Å². The fourth-order valence-corrected chi connectivity index (χ4v) is 3.77. The molecule has 0 bridgehead atoms. The third-order valence-corrected chi connectivity index (χ3v) is 5.07. The first-order chi connectivity index (χ1) is 11.0. The monoisotopic (exact) mass is 318 g/mol. The molecule has 1 aromatic carbocycles. The summed E-state index contributed by atoms with van der Waals surface area (Å²) < 4.78 is 11.2. The molecule has 23 heavy (non-hydrogen) atoms. The number of ether oxygens (including phenoxy) is 2. The highest BCUT2D eigenvalue weighted by Crippen LogP contribution is 2.36. The molecule has 3 rings (SSSR count). The number of benzene rings is 1. The summed E-state index contributed by atoms with van der Waals surface area (Å²) in [4.78, 5) is 17.1. The second kappa shape index (κ2) is 6.40. The first-order valence-electron chi connectivity index (χ1n) is 8.25. The van der Waals surface area contributed by atoms with E-state index in [0.717, 1.165) is 36.6 Å². The van der Waals surface area contributed by atoms with Gasteiger partial charge in [0, 0.05) is 19.1 Å². The predicted molar refractivity (Wildman–Crippen MR) is 88.9 cm³/mol. The van der Waals surface area contributed by atoms with Crippen molar-refractivity contribution in [2.75, 3.05) is 40.9 Å². The van der Waals surface area contributed by atoms with E-state index in [1.54, 1.807) is 7.11 Å². The summed E-state index contributed by atoms with van der Waals surface area (Å²) >= 11 is 0. The number of carbonyl (C=O) groups excluding carboxylic acids is 1. The molecule has 1 amide bonds. The summed E-state index contributed by atoms with van der Waals surface area (Å²) in [7, 11) is 5.81. The summed E-state index contributed by atoms with van der Waals surface area (Å²) in [5.74, 6) is 2.17. The number of carbonyl (C=O) groups is 1. The van der Waals surface area contributed by atoms with E-state index in [0.29, 0.717) is 18.6 Å². The summed E-state index contributed by atoms with van der Waals surface area (Å²) in [6, 6.07) is 6.31. The molecule has 0 aliphatic carbocycles. The second-order valence-electron chi connectivity index (χ2n) is 6.91. The lowest BCUT2D eigenvalue weighted by Crippen LogP contribution is -2.41. The third-order valence-electron chi connectivity index (χ3n) is 5.07. The van der Waals surface area contributed by atoms with Gasteiger partial charge in [-0.25, -0.2) is 0 Å². The quantitative estimate of drug-likeness (QED) is 0.850. The minimum Gasteiger partial charge on any atom is -0.493 e. The van der Waals surface area contributed by atoms with Crippen LogP contribution < -0.4 is 9.47 Å². The Hall–Kier alpha value is -1.75. The van der Waals surface area contributed by atoms with Gasteiger partial charge in [0.15, 0.2) is 11.5 Å². The van der Waals surface area contributed by atoms with Gasteiger partial charge in [0.1, 0.15) is 6.61 Å². The van der Waals surface area contributed by atoms with Gasteiger partial charge < -0.3 is 19.3 Å². The number of hydrogen-bond acceptors (Lipinski definition) is 4. The summed E-state index contributed by atoms with van der Waals surface area (Å²) in [5, 5.41) is 0. The molecule has 0 unspecified atom stereocenters. The van der Waals surface area contributed by atoms with E-state index in [-0.39, 0.29) is 11.8 Å². The maximum Gasteiger partial charge on any atom is 0.229 e. The summed E-state index contributed by atoms with van der Waals surface area (Å²) in [6.45, 7) is 4.30. The third kappa shape index (κ3) is 3.02. The van der Waals surface area contributed by atoms with E-state index in [2.05, 4.69) is 25.9 Å². The van der Waals surface area contributed by atoms with E-state index in [4.69, 9.17) is 9.47 Å². The molecule has 1 fully saturated rings. The van der Waals surface area contributed by atoms with Crippen LogP contribution >= 0.6 is 0 Å². The van der Waals surface area contributed by atoms with Crippen LogP contribution in [0.3, 0.4) is 0 Å². The minimum atomic E-state index is -0.0947. The Kier molecular flexibility index (Phi) is 4.48. The largest absolute Gasteiger partial charge is 0.493 e. The molecule has 0 saturated carbocycles. The van der Waals surface area contributed by atoms with E-state index in [1.807, 2.05) is 23.1 Å². The molecule has 5 nitrogen and oxygen atoms in total. The smallest absolute Gasteiger partial charge is 0.229 e. The van der Waals surface area contributed by atoms with Gasteiger partial charge in [-0.05, 0) is 38.1 Å². The number of para-hydroxylation sites is 1. The molecule has 0 spiro atoms. The van der Waals surface area contributed by atoms with Crippen LogP contribution in [0.25, 0.3) is 0 Å². The molecule has 0 aromatic heterocycles. The van der Waals surface area contributed by atoms with Crippen molar-refractivity contribution >= 4 is 5.91 Å². The van der Waals surface area contributed by atoms with Gasteiger partial charge in [-0.3, -0.25) is 4.79 Å². The molecular weight excluding hydrogens is 292 g/mol. The van der Waals surface area contributed by atoms with Crippen molar-refractivity contribution in [2.45, 2.75) is 19.4 Å². The van der Waals surface area contributed by atoms with Crippen LogP contribution in [0.2, 0.25) is 0 Å². The maximum absolute atomic E-state index is 12.9. The van der Waals surface area contributed by atoms with Crippen LogP contribution in [-0.2, 0) is 11.2 Å². The zero-order valence-electron chi connectivity index (χ0n) is 14.4. The Morgan fingerprint density at radius 3 is 2.78 bits per heavy atom. The Morgan fingerprint density at radius 1 is 1.35 bits per heavy atom. The number of hydrogen-bond donors (Lipinski definition) is 0. The van der Waals surface area contributed by atoms with Crippen molar-refractivity contribution in [3.63, 3.8) is 0 Å². The summed E-state index contributed by atoms with van der Waals surface area (Å²) in [6.07, 6.45) is 0.725. The van der Waals surface area contributed by atoms with Crippen molar-refractivity contribution in [3.8, 4) is 11.5 Å². The fraction of sp³-hybridized carbons (Fsp3) is 0.611. The van der Waals surface area contributed by atoms with Crippen molar-refractivity contribution < 1.29 is 14.3 Å². The highest BCUT2D eigenvalue weighted by Gasteiger charge is 2.38. The van der Waals surface area contributed by atoms with Crippen LogP contribution in [0.5, 0.6) is 11.5 Å². The Balaban J connectivity index is 1.70. The van der Waals surface area contributed by atoms with Gasteiger partial charge in [-0.15, -0.1) is 0 Å². The lowest BCUT2D eigenvalue weighted by molar-refractivity contribution is -0.136. The number of nitrogens with zero attached hydrogens (tertiary/aromatic N) is 2. The molecule has 1 aromatic rings. The van der Waals surface area contributed by atoms with Crippen molar-refractivity contribution in [1.29, 1.82) is 0 Å². The first-order valence-corrected chi connectivity index (χ1v) is 8.25. The lowest BCUT2D eigenvalue weighted by Gasteiger charge is -2.29. The fourth-order valence-electron chi connectivity index (χ4n) is 3.77. The second-order valence-corrected chi connectivity index (χ2v) is 6.91. The van der Waals surface area contributed by atoms with Crippen LogP contribution in [0.1, 0.15) is 12.5 Å². The molecule has 5 heteroatoms. The minimum absolute atomic E-state index is 0.0947. The predicted octanol–water partition coefficient (Wildman–Crippen LogP) is 1.65. The molecule has 0 N–H and O–H groups in total. The molecule has 2 heterocycles. The number of amides is 1. The van der Waals surface area contributed by atoms with E-state index in [1.165, 1.54) is 0 Å². The lowest BCUT2D eigenvalue weighted by atomic mass is 9.95. The zero-order chi connectivity index (χ0) is 16.6. The van der Waals surface area contributed by atoms with Crippen LogP contribution in [0, 0.1) is 11.8 Å². The molecule has 2 aliphatic heterocycles. The van der Waals surface area contributed by atoms with E-state index < -0.39 is 0 Å². The molecule has 1 saturated heterocycles. The standard InChI is InChI=1S/C18H26N2O3/c1-12-9-20(10-15(12)19(2)3)18(21)14-8-13-6-5-7-16(22-4)17(13)23-11-14/h5-7,12,14-15H,8-11H2,1-4H3/t12-,14-,15-/m1/s1. The van der Waals surface area contributed by atoms with Crippen LogP contribution in [0.15, 0.2) is 18.2 Å². The molecule has 0 radical (unpaired) electrons. The number of likely N-dealkylation sites (N-methyl/N-ethyl adjacent to an activating group) is 1. The van der Waals surface area contributed by atoms with E-state index >= 15 is 0 Å². The topological polar surface area (TPSA) is 42.0 Å². The SMILES string of the molecule is COc1cccc2c1OC[C@H](C(=O)N1C[C@@H](C)[C@H](N(C)C)C1)C2. The number of methoxy groups -OCH3 is 1. The number of fused-ring (bicyclic) bond motifs is 1. The highest BCUT2D eigenvalue weighted by atomic mass is 16.5. The van der Waals surface area contributed by atoms with Crippen molar-refractivity contribution in [3.05, 3.63) is 23.8 Å². The van der Waals surface area contributed by atoms with Crippen molar-refractivity contribution in [2.24, 2.45) is 11.8 Å². The molecule has 126 valence electrons. The van der Waals surface area contributed by atoms with Crippen LogP contribution in [0.4, 0.5) is 0 Å². The highest BCUT2D eigenvalue weighted by molar-refractivity contribution is 5.80. The summed E-state index contributed by atoms with van der Waals surface area (Å²) in [5.41, 5.74) is 1.06. The zero-order valence-corrected chi connectivity index (χ0v) is 14.4. The van der Waals surface area contributed by atoms with Gasteiger partial charge in [0.2, 0.25) is 5.91 Å². The maximum atomic E-state index is 12.9. The van der Waals surface area contributed by atoms with Gasteiger partial charge >= 0.3 is 0 Å². The van der Waals surface area contributed by atoms with Crippen LogP contribution in [-0.4, -0.2) is 62.7 Å². The van der Waals surface area contributed by atoms with Gasteiger partial charge in [-0.2, -0.15) is 0 Å². The Bertz CT molecular complexity index is 588. The first kappa shape index (κ1) is 16.1. The molecule has 2 aliphatic rings. The molecular formula is C18H26N2O3. The number of rotatable bonds is 3. The van der Waals surface area contributed by atoms with Gasteiger partial charge in [-0.1, -0.05) is 19.1 Å². The van der Waals surface area contributed by atoms with Gasteiger partial charge in [0.05, 0.1) is 13.0 Å². The average molecular weight is 318 g/mol. The normalized spacial score (nSPS) is 26.8. The van der Waals surface area contributed by atoms with Crippen molar-refractivity contribution in [1.82, 2.24) is 9.80 Å². The number of likely N-dealkylation sites (tertiary alicyclic amines) is 1. The Morgan fingerprint density at radius 2 is 2.13 bits per heavy atom. The Labute approximate surface area is 138 Å².